The predicted octanol–water partition coefficient (Wildman–Crippen LogP) is 3.97. The van der Waals surface area contributed by atoms with E-state index in [0.717, 1.165) is 5.56 Å². The number of hydrogen-bond acceptors (Lipinski definition) is 6. The van der Waals surface area contributed by atoms with Crippen LogP contribution >= 0.6 is 15.9 Å². The molecule has 0 amide bonds. The van der Waals surface area contributed by atoms with Crippen LogP contribution in [0.4, 0.5) is 5.69 Å². The van der Waals surface area contributed by atoms with E-state index in [9.17, 15) is 20.3 Å². The zero-order chi connectivity index (χ0) is 22.8. The van der Waals surface area contributed by atoms with Crippen molar-refractivity contribution in [1.82, 2.24) is 15.0 Å². The number of rotatable bonds is 6. The smallest absolute Gasteiger partial charge is 0.261 e. The molecule has 4 rings (SSSR count). The number of nitrogens with one attached hydrogen (secondary N) is 3. The molecule has 0 fully saturated rings. The van der Waals surface area contributed by atoms with Crippen molar-refractivity contribution in [2.24, 2.45) is 0 Å². The Hall–Kier alpha value is -3.61. The highest BCUT2D eigenvalue weighted by Gasteiger charge is 2.17. The van der Waals surface area contributed by atoms with Crippen molar-refractivity contribution < 1.29 is 10.2 Å². The average Bonchev–Trinajstić information content (AvgIpc) is 3.22. The number of imidazole rings is 1. The molecule has 0 saturated heterocycles. The molecule has 1 atom stereocenters. The topological polar surface area (TPSA) is 138 Å². The van der Waals surface area contributed by atoms with Gasteiger partial charge in [-0.2, -0.15) is 5.26 Å². The molecule has 1 unspecified atom stereocenters. The molecule has 162 valence electrons. The van der Waals surface area contributed by atoms with Gasteiger partial charge in [-0.15, -0.1) is 0 Å². The number of aliphatic hydroxyl groups is 1. The molecule has 2 heterocycles. The van der Waals surface area contributed by atoms with Crippen molar-refractivity contribution >= 4 is 32.7 Å². The van der Waals surface area contributed by atoms with E-state index in [4.69, 9.17) is 0 Å². The van der Waals surface area contributed by atoms with E-state index in [1.54, 1.807) is 30.3 Å². The van der Waals surface area contributed by atoms with Gasteiger partial charge in [-0.25, -0.2) is 4.98 Å². The molecule has 0 saturated carbocycles. The fourth-order valence-corrected chi connectivity index (χ4v) is 3.95. The Balaban J connectivity index is 1.69. The monoisotopic (exact) mass is 493 g/mol. The molecule has 2 aromatic heterocycles. The maximum atomic E-state index is 12.7. The van der Waals surface area contributed by atoms with Gasteiger partial charge in [-0.05, 0) is 63.8 Å². The van der Waals surface area contributed by atoms with Gasteiger partial charge in [0, 0.05) is 12.7 Å². The van der Waals surface area contributed by atoms with E-state index in [1.807, 2.05) is 6.92 Å². The second kappa shape index (κ2) is 8.86. The van der Waals surface area contributed by atoms with Crippen LogP contribution in [0.15, 0.2) is 51.9 Å². The molecule has 0 aliphatic heterocycles. The van der Waals surface area contributed by atoms with Gasteiger partial charge in [0.05, 0.1) is 38.9 Å². The van der Waals surface area contributed by atoms with Crippen LogP contribution in [0.1, 0.15) is 29.7 Å². The number of fused-ring (bicyclic) bond motifs is 1. The molecule has 0 aliphatic carbocycles. The summed E-state index contributed by atoms with van der Waals surface area (Å²) in [6.07, 6.45) is 1.34. The summed E-state index contributed by atoms with van der Waals surface area (Å²) in [6.45, 7) is 2.11. The first-order valence-electron chi connectivity index (χ1n) is 9.96. The predicted molar refractivity (Wildman–Crippen MR) is 125 cm³/mol. The normalized spacial score (nSPS) is 11.9. The Morgan fingerprint density at radius 3 is 2.81 bits per heavy atom. The zero-order valence-corrected chi connectivity index (χ0v) is 18.7. The van der Waals surface area contributed by atoms with Gasteiger partial charge in [0.2, 0.25) is 0 Å². The van der Waals surface area contributed by atoms with Gasteiger partial charge < -0.3 is 25.5 Å². The Bertz CT molecular complexity index is 1400. The third kappa shape index (κ3) is 4.10. The van der Waals surface area contributed by atoms with Crippen LogP contribution in [0.5, 0.6) is 5.75 Å². The average molecular weight is 494 g/mol. The standard InChI is InChI=1S/C23H20BrN5O3/c1-2-13-7-12(10-25)8-17-21(13)29-22(28-17)20-16(5-6-26-23(20)32)27-11-19(31)14-3-4-18(30)15(24)9-14/h3-9,19,30-31H,2,11H2,1H3,(H,28,29)(H2,26,27,32). The zero-order valence-electron chi connectivity index (χ0n) is 17.1. The number of H-pyrrole nitrogens is 2. The van der Waals surface area contributed by atoms with E-state index >= 15 is 0 Å². The lowest BCUT2D eigenvalue weighted by Gasteiger charge is -2.15. The van der Waals surface area contributed by atoms with Gasteiger partial charge in [-0.3, -0.25) is 4.79 Å². The minimum Gasteiger partial charge on any atom is -0.507 e. The van der Waals surface area contributed by atoms with Gasteiger partial charge >= 0.3 is 0 Å². The Morgan fingerprint density at radius 1 is 1.28 bits per heavy atom. The number of aryl methyl sites for hydroxylation is 1. The summed E-state index contributed by atoms with van der Waals surface area (Å²) in [5.41, 5.74) is 3.91. The van der Waals surface area contributed by atoms with E-state index in [-0.39, 0.29) is 17.9 Å². The van der Waals surface area contributed by atoms with Crippen molar-refractivity contribution in [3.8, 4) is 23.2 Å². The maximum Gasteiger partial charge on any atom is 0.261 e. The van der Waals surface area contributed by atoms with Gasteiger partial charge in [0.15, 0.2) is 0 Å². The number of halogens is 1. The third-order valence-electron chi connectivity index (χ3n) is 5.22. The molecule has 0 aliphatic rings. The van der Waals surface area contributed by atoms with Crippen LogP contribution in [0.25, 0.3) is 22.4 Å². The van der Waals surface area contributed by atoms with Crippen LogP contribution < -0.4 is 10.9 Å². The third-order valence-corrected chi connectivity index (χ3v) is 5.85. The first-order chi connectivity index (χ1) is 15.4. The number of phenolic OH excluding ortho intramolecular Hbond substituents is 1. The largest absolute Gasteiger partial charge is 0.507 e. The minimum atomic E-state index is -0.875. The second-order valence-corrected chi connectivity index (χ2v) is 8.14. The van der Waals surface area contributed by atoms with E-state index in [0.29, 0.717) is 50.1 Å². The molecule has 2 aromatic carbocycles. The van der Waals surface area contributed by atoms with Crippen molar-refractivity contribution in [1.29, 1.82) is 5.26 Å². The van der Waals surface area contributed by atoms with Gasteiger partial charge in [0.1, 0.15) is 17.1 Å². The number of aromatic hydroxyl groups is 1. The van der Waals surface area contributed by atoms with Crippen LogP contribution in [-0.2, 0) is 6.42 Å². The van der Waals surface area contributed by atoms with Crippen molar-refractivity contribution in [3.05, 3.63) is 74.1 Å². The minimum absolute atomic E-state index is 0.0849. The summed E-state index contributed by atoms with van der Waals surface area (Å²) in [6, 6.07) is 12.1. The van der Waals surface area contributed by atoms with Gasteiger partial charge in [0.25, 0.3) is 5.56 Å². The molecule has 5 N–H and O–H groups in total. The Labute approximate surface area is 191 Å². The van der Waals surface area contributed by atoms with E-state index < -0.39 is 6.10 Å². The number of phenols is 1. The number of nitriles is 1. The summed E-state index contributed by atoms with van der Waals surface area (Å²) in [5.74, 6) is 0.456. The molecular weight excluding hydrogens is 474 g/mol. The van der Waals surface area contributed by atoms with Crippen molar-refractivity contribution in [3.63, 3.8) is 0 Å². The van der Waals surface area contributed by atoms with E-state index in [1.165, 1.54) is 12.3 Å². The first-order valence-corrected chi connectivity index (χ1v) is 10.8. The SMILES string of the molecule is CCc1cc(C#N)cc2[nH]c(-c3c(NCC(O)c4ccc(O)c(Br)c4)cc[nH]c3=O)nc12. The summed E-state index contributed by atoms with van der Waals surface area (Å²) in [5, 5.41) is 32.6. The Morgan fingerprint density at radius 2 is 2.09 bits per heavy atom. The fraction of sp³-hybridized carbons (Fsp3) is 0.174. The molecule has 0 radical (unpaired) electrons. The van der Waals surface area contributed by atoms with Crippen LogP contribution in [0.3, 0.4) is 0 Å². The van der Waals surface area contributed by atoms with Crippen LogP contribution in [0.2, 0.25) is 0 Å². The lowest BCUT2D eigenvalue weighted by atomic mass is 10.1. The quantitative estimate of drug-likeness (QED) is 0.275. The summed E-state index contributed by atoms with van der Waals surface area (Å²) >= 11 is 3.24. The molecule has 32 heavy (non-hydrogen) atoms. The van der Waals surface area contributed by atoms with E-state index in [2.05, 4.69) is 42.3 Å². The molecule has 0 spiro atoms. The Kier molecular flexibility index (Phi) is 5.99. The number of aromatic nitrogens is 3. The highest BCUT2D eigenvalue weighted by molar-refractivity contribution is 9.10. The molecular formula is C23H20BrN5O3. The maximum absolute atomic E-state index is 12.7. The number of aromatic amines is 2. The highest BCUT2D eigenvalue weighted by Crippen LogP contribution is 2.29. The number of benzene rings is 2. The molecule has 0 bridgehead atoms. The molecule has 4 aromatic rings. The van der Waals surface area contributed by atoms with Crippen LogP contribution in [0, 0.1) is 11.3 Å². The first kappa shape index (κ1) is 21.6. The number of pyridine rings is 1. The number of anilines is 1. The van der Waals surface area contributed by atoms with Gasteiger partial charge in [-0.1, -0.05) is 13.0 Å². The van der Waals surface area contributed by atoms with Crippen LogP contribution in [-0.4, -0.2) is 31.7 Å². The number of aliphatic hydroxyl groups excluding tert-OH is 1. The fourth-order valence-electron chi connectivity index (χ4n) is 3.56. The summed E-state index contributed by atoms with van der Waals surface area (Å²) in [4.78, 5) is 23.1. The van der Waals surface area contributed by atoms with Crippen molar-refractivity contribution in [2.75, 3.05) is 11.9 Å². The summed E-state index contributed by atoms with van der Waals surface area (Å²) < 4.78 is 0.483. The second-order valence-electron chi connectivity index (χ2n) is 7.29. The summed E-state index contributed by atoms with van der Waals surface area (Å²) in [7, 11) is 0. The number of nitrogens with zero attached hydrogens (tertiary/aromatic N) is 2. The molecule has 8 nitrogen and oxygen atoms in total. The number of hydrogen-bond donors (Lipinski definition) is 5. The lowest BCUT2D eigenvalue weighted by Crippen LogP contribution is -2.17. The molecule has 9 heteroatoms. The highest BCUT2D eigenvalue weighted by atomic mass is 79.9. The van der Waals surface area contributed by atoms with Crippen molar-refractivity contribution in [2.45, 2.75) is 19.4 Å². The lowest BCUT2D eigenvalue weighted by molar-refractivity contribution is 0.191.